The number of nitrogens with zero attached hydrogens (tertiary/aromatic N) is 4. The summed E-state index contributed by atoms with van der Waals surface area (Å²) in [4.78, 5) is 11.3. The van der Waals surface area contributed by atoms with Gasteiger partial charge in [0, 0.05) is 5.70 Å². The Morgan fingerprint density at radius 3 is 3.00 bits per heavy atom. The number of aromatic nitrogens is 2. The lowest BCUT2D eigenvalue weighted by Crippen LogP contribution is -2.07. The van der Waals surface area contributed by atoms with E-state index in [-0.39, 0.29) is 5.82 Å². The lowest BCUT2D eigenvalue weighted by atomic mass is 10.5. The molecule has 16 heavy (non-hydrogen) atoms. The Morgan fingerprint density at radius 1 is 1.75 bits per heavy atom. The van der Waals surface area contributed by atoms with Gasteiger partial charge in [0.15, 0.2) is 0 Å². The van der Waals surface area contributed by atoms with Crippen LogP contribution in [0.2, 0.25) is 5.02 Å². The van der Waals surface area contributed by atoms with E-state index in [4.69, 9.17) is 23.9 Å². The van der Waals surface area contributed by atoms with Crippen LogP contribution in [0, 0.1) is 6.57 Å². The van der Waals surface area contributed by atoms with Gasteiger partial charge in [0.2, 0.25) is 5.95 Å². The van der Waals surface area contributed by atoms with Crippen LogP contribution in [0.25, 0.3) is 4.95 Å². The van der Waals surface area contributed by atoms with E-state index in [1.807, 2.05) is 6.92 Å². The largest absolute Gasteiger partial charge is 0.382 e. The zero-order valence-electron chi connectivity index (χ0n) is 8.98. The van der Waals surface area contributed by atoms with Gasteiger partial charge >= 0.3 is 6.57 Å². The molecule has 6 nitrogen and oxygen atoms in total. The zero-order chi connectivity index (χ0) is 12.1. The van der Waals surface area contributed by atoms with E-state index in [2.05, 4.69) is 20.2 Å². The first-order valence-corrected chi connectivity index (χ1v) is 4.78. The van der Waals surface area contributed by atoms with Gasteiger partial charge in [-0.1, -0.05) is 11.6 Å². The van der Waals surface area contributed by atoms with Gasteiger partial charge in [-0.2, -0.15) is 4.98 Å². The van der Waals surface area contributed by atoms with Gasteiger partial charge in [0.05, 0.1) is 24.4 Å². The van der Waals surface area contributed by atoms with Crippen molar-refractivity contribution in [1.29, 1.82) is 0 Å². The van der Waals surface area contributed by atoms with Crippen molar-refractivity contribution in [1.82, 2.24) is 15.0 Å². The van der Waals surface area contributed by atoms with Crippen molar-refractivity contribution in [3.63, 3.8) is 0 Å². The van der Waals surface area contributed by atoms with Gasteiger partial charge in [-0.05, 0) is 11.9 Å². The highest BCUT2D eigenvalue weighted by molar-refractivity contribution is 6.32. The molecule has 0 fully saturated rings. The number of hydrogen-bond acceptors (Lipinski definition) is 5. The van der Waals surface area contributed by atoms with E-state index in [0.717, 1.165) is 5.70 Å². The molecule has 7 heteroatoms. The Kier molecular flexibility index (Phi) is 3.91. The molecule has 0 bridgehead atoms. The van der Waals surface area contributed by atoms with E-state index in [0.29, 0.717) is 11.0 Å². The van der Waals surface area contributed by atoms with Crippen LogP contribution in [0.3, 0.4) is 0 Å². The Bertz CT molecular complexity index is 450. The maximum atomic E-state index is 5.69. The Hall–Kier alpha value is -2.00. The second kappa shape index (κ2) is 5.19. The standard InChI is InChI=1S/C9H12ClN6/c1-6(5-16(3)12-2)14-9-13-4-7(10)8(11)15-9/h2,4-5H,1,3H3,(H3,11,13,14,15)/q+1/b6-5+. The van der Waals surface area contributed by atoms with Crippen molar-refractivity contribution in [3.8, 4) is 6.57 Å². The van der Waals surface area contributed by atoms with Crippen LogP contribution >= 0.6 is 11.6 Å². The fourth-order valence-electron chi connectivity index (χ4n) is 0.963. The normalized spacial score (nSPS) is 10.8. The molecule has 0 atom stereocenters. The number of anilines is 2. The molecule has 0 aliphatic rings. The third-order valence-corrected chi connectivity index (χ3v) is 1.93. The molecule has 3 N–H and O–H groups in total. The van der Waals surface area contributed by atoms with Crippen LogP contribution in [0.5, 0.6) is 0 Å². The predicted octanol–water partition coefficient (Wildman–Crippen LogP) is 1.79. The second-order valence-corrected chi connectivity index (χ2v) is 3.46. The summed E-state index contributed by atoms with van der Waals surface area (Å²) in [5.41, 5.74) is 6.29. The minimum absolute atomic E-state index is 0.226. The Morgan fingerprint density at radius 2 is 2.44 bits per heavy atom. The van der Waals surface area contributed by atoms with Gasteiger partial charge in [-0.25, -0.2) is 4.98 Å². The topological polar surface area (TPSA) is 71.4 Å². The molecule has 0 aromatic carbocycles. The van der Waals surface area contributed by atoms with Crippen molar-refractivity contribution in [2.45, 2.75) is 6.92 Å². The summed E-state index contributed by atoms with van der Waals surface area (Å²) in [5.74, 6) is 0.588. The number of nitrogens with two attached hydrogens (primary N) is 1. The number of hydrogen-bond donors (Lipinski definition) is 2. The Balaban J connectivity index is 2.78. The fourth-order valence-corrected chi connectivity index (χ4v) is 1.05. The van der Waals surface area contributed by atoms with E-state index in [9.17, 15) is 0 Å². The smallest absolute Gasteiger partial charge is 0.305 e. The summed E-state index contributed by atoms with van der Waals surface area (Å²) in [7, 11) is 1.70. The minimum Gasteiger partial charge on any atom is -0.382 e. The fraction of sp³-hybridized carbons (Fsp3) is 0.222. The molecular weight excluding hydrogens is 228 g/mol. The molecular formula is C9H12ClN6+. The van der Waals surface area contributed by atoms with Gasteiger partial charge < -0.3 is 11.1 Å². The van der Waals surface area contributed by atoms with Gasteiger partial charge in [0.25, 0.3) is 0 Å². The number of allylic oxidation sites excluding steroid dienone is 1. The van der Waals surface area contributed by atoms with Crippen molar-refractivity contribution < 1.29 is 0 Å². The summed E-state index contributed by atoms with van der Waals surface area (Å²) in [6, 6.07) is 0. The SMILES string of the molecule is C#[N+]N(C)/C=C(\C)Nc1ncc(Cl)c(N)n1. The van der Waals surface area contributed by atoms with Crippen LogP contribution in [-0.4, -0.2) is 22.0 Å². The number of halogens is 1. The van der Waals surface area contributed by atoms with E-state index in [1.165, 1.54) is 11.2 Å². The average Bonchev–Trinajstić information content (AvgIpc) is 2.23. The van der Waals surface area contributed by atoms with Gasteiger partial charge in [0.1, 0.15) is 10.8 Å². The molecule has 0 aliphatic heterocycles. The number of rotatable bonds is 3. The van der Waals surface area contributed by atoms with Crippen molar-refractivity contribution in [3.05, 3.63) is 28.1 Å². The van der Waals surface area contributed by atoms with Gasteiger partial charge in [-0.3, -0.25) is 0 Å². The molecule has 0 saturated heterocycles. The molecule has 1 aromatic heterocycles. The molecule has 1 aromatic rings. The van der Waals surface area contributed by atoms with Crippen molar-refractivity contribution in [2.24, 2.45) is 0 Å². The third kappa shape index (κ3) is 3.29. The first kappa shape index (κ1) is 12.1. The predicted molar refractivity (Wildman–Crippen MR) is 64.9 cm³/mol. The summed E-state index contributed by atoms with van der Waals surface area (Å²) in [5, 5.41) is 4.68. The summed E-state index contributed by atoms with van der Waals surface area (Å²) in [6.07, 6.45) is 3.10. The summed E-state index contributed by atoms with van der Waals surface area (Å²) < 4.78 is 0. The number of nitrogens with one attached hydrogen (secondary N) is 1. The molecule has 1 heterocycles. The average molecular weight is 240 g/mol. The van der Waals surface area contributed by atoms with Crippen LogP contribution < -0.4 is 11.1 Å². The quantitative estimate of drug-likeness (QED) is 0.787. The highest BCUT2D eigenvalue weighted by atomic mass is 35.5. The van der Waals surface area contributed by atoms with Crippen LogP contribution in [-0.2, 0) is 0 Å². The highest BCUT2D eigenvalue weighted by Crippen LogP contribution is 2.16. The third-order valence-electron chi connectivity index (χ3n) is 1.64. The second-order valence-electron chi connectivity index (χ2n) is 3.05. The lowest BCUT2D eigenvalue weighted by molar-refractivity contribution is 0.614. The van der Waals surface area contributed by atoms with E-state index in [1.54, 1.807) is 13.2 Å². The first-order valence-electron chi connectivity index (χ1n) is 4.40. The molecule has 0 aliphatic carbocycles. The summed E-state index contributed by atoms with van der Waals surface area (Å²) in [6.45, 7) is 6.88. The Labute approximate surface area is 98.5 Å². The molecule has 0 saturated carbocycles. The molecule has 84 valence electrons. The summed E-state index contributed by atoms with van der Waals surface area (Å²) >= 11 is 5.69. The van der Waals surface area contributed by atoms with Crippen LogP contribution in [0.1, 0.15) is 6.92 Å². The van der Waals surface area contributed by atoms with E-state index < -0.39 is 0 Å². The highest BCUT2D eigenvalue weighted by Gasteiger charge is 2.03. The zero-order valence-corrected chi connectivity index (χ0v) is 9.73. The van der Waals surface area contributed by atoms with E-state index >= 15 is 0 Å². The van der Waals surface area contributed by atoms with Crippen LogP contribution in [0.15, 0.2) is 18.1 Å². The molecule has 0 radical (unpaired) electrons. The van der Waals surface area contributed by atoms with Crippen LogP contribution in [0.4, 0.5) is 11.8 Å². The van der Waals surface area contributed by atoms with Crippen molar-refractivity contribution >= 4 is 23.4 Å². The maximum absolute atomic E-state index is 5.69. The first-order chi connectivity index (χ1) is 7.52. The lowest BCUT2D eigenvalue weighted by Gasteiger charge is -2.05. The molecule has 0 amide bonds. The number of nitrogen functional groups attached to an aromatic ring is 1. The molecule has 0 spiro atoms. The molecule has 0 unspecified atom stereocenters. The monoisotopic (exact) mass is 239 g/mol. The van der Waals surface area contributed by atoms with Crippen molar-refractivity contribution in [2.75, 3.05) is 18.1 Å². The minimum atomic E-state index is 0.226. The maximum Gasteiger partial charge on any atom is 0.305 e. The molecule has 1 rings (SSSR count). The van der Waals surface area contributed by atoms with Gasteiger partial charge in [-0.15, -0.1) is 0 Å².